The summed E-state index contributed by atoms with van der Waals surface area (Å²) in [4.78, 5) is 22.4. The van der Waals surface area contributed by atoms with Crippen LogP contribution in [-0.2, 0) is 4.79 Å². The predicted molar refractivity (Wildman–Crippen MR) is 184 cm³/mol. The van der Waals surface area contributed by atoms with Crippen LogP contribution in [0.4, 0.5) is 11.5 Å². The summed E-state index contributed by atoms with van der Waals surface area (Å²) >= 11 is 0. The summed E-state index contributed by atoms with van der Waals surface area (Å²) in [5, 5.41) is 37.5. The molecule has 3 aromatic heterocycles. The number of amides is 1. The van der Waals surface area contributed by atoms with Gasteiger partial charge in [-0.3, -0.25) is 4.79 Å². The van der Waals surface area contributed by atoms with Gasteiger partial charge in [0.25, 0.3) is 0 Å². The molecule has 47 heavy (non-hydrogen) atoms. The first-order valence-electron chi connectivity index (χ1n) is 16.8. The molecule has 3 N–H and O–H groups in total. The summed E-state index contributed by atoms with van der Waals surface area (Å²) in [6, 6.07) is 17.0. The maximum atomic E-state index is 13.0. The van der Waals surface area contributed by atoms with Crippen LogP contribution in [0, 0.1) is 16.7 Å². The second-order valence-corrected chi connectivity index (χ2v) is 13.5. The minimum Gasteiger partial charge on any atom is -0.396 e. The van der Waals surface area contributed by atoms with Gasteiger partial charge in [0.15, 0.2) is 0 Å². The fraction of sp³-hybridized carbons (Fsp3) is 0.459. The Hall–Kier alpha value is -4.46. The number of aromatic nitrogens is 3. The molecule has 5 heterocycles. The first-order valence-corrected chi connectivity index (χ1v) is 16.8. The van der Waals surface area contributed by atoms with E-state index in [-0.39, 0.29) is 24.0 Å². The monoisotopic (exact) mass is 635 g/mol. The van der Waals surface area contributed by atoms with Crippen LogP contribution in [0.1, 0.15) is 64.9 Å². The summed E-state index contributed by atoms with van der Waals surface area (Å²) in [7, 11) is 0. The van der Waals surface area contributed by atoms with Crippen molar-refractivity contribution >= 4 is 22.9 Å². The van der Waals surface area contributed by atoms with Gasteiger partial charge in [-0.2, -0.15) is 10.4 Å². The minimum atomic E-state index is -0.782. The lowest BCUT2D eigenvalue weighted by atomic mass is 9.75. The lowest BCUT2D eigenvalue weighted by Gasteiger charge is -2.41. The number of fused-ring (bicyclic) bond motifs is 1. The van der Waals surface area contributed by atoms with E-state index in [2.05, 4.69) is 69.6 Å². The van der Waals surface area contributed by atoms with E-state index >= 15 is 0 Å². The van der Waals surface area contributed by atoms with Crippen LogP contribution in [0.2, 0.25) is 0 Å². The molecule has 0 bridgehead atoms. The van der Waals surface area contributed by atoms with Gasteiger partial charge in [-0.1, -0.05) is 19.1 Å². The molecule has 2 aliphatic heterocycles. The van der Waals surface area contributed by atoms with Gasteiger partial charge < -0.3 is 25.3 Å². The third-order valence-electron chi connectivity index (χ3n) is 10.3. The molecule has 6 rings (SSSR count). The SMILES string of the molecule is CCC1(C(=O)NC(C)C)CCN(c2ccc(-c3cc(-c4ccc(N5CCC(O)(CCO)CC5)cc4)cn4ncc(C#N)c34)cn2)CC1. The molecule has 2 aliphatic rings. The minimum absolute atomic E-state index is 0.00184. The summed E-state index contributed by atoms with van der Waals surface area (Å²) in [6.45, 7) is 9.13. The summed E-state index contributed by atoms with van der Waals surface area (Å²) in [5.41, 5.74) is 5.01. The van der Waals surface area contributed by atoms with Gasteiger partial charge in [-0.25, -0.2) is 9.50 Å². The van der Waals surface area contributed by atoms with Gasteiger partial charge in [0.1, 0.15) is 11.9 Å². The second-order valence-electron chi connectivity index (χ2n) is 13.5. The molecule has 10 heteroatoms. The van der Waals surface area contributed by atoms with Crippen LogP contribution in [0.3, 0.4) is 0 Å². The topological polar surface area (TPSA) is 130 Å². The van der Waals surface area contributed by atoms with Gasteiger partial charge in [0, 0.05) is 73.6 Å². The molecule has 4 aromatic rings. The number of nitrogens with zero attached hydrogens (tertiary/aromatic N) is 6. The van der Waals surface area contributed by atoms with Crippen molar-refractivity contribution in [2.24, 2.45) is 5.41 Å². The molecule has 2 saturated heterocycles. The van der Waals surface area contributed by atoms with E-state index in [4.69, 9.17) is 4.98 Å². The Balaban J connectivity index is 1.22. The Bertz CT molecular complexity index is 1740. The third kappa shape index (κ3) is 6.55. The first kappa shape index (κ1) is 32.5. The fourth-order valence-corrected chi connectivity index (χ4v) is 7.14. The van der Waals surface area contributed by atoms with Crippen molar-refractivity contribution in [2.75, 3.05) is 42.6 Å². The number of nitrogens with one attached hydrogen (secondary N) is 1. The molecular formula is C37H45N7O3. The van der Waals surface area contributed by atoms with Crippen molar-refractivity contribution in [3.8, 4) is 28.3 Å². The van der Waals surface area contributed by atoms with E-state index in [1.165, 1.54) is 0 Å². The van der Waals surface area contributed by atoms with Crippen LogP contribution < -0.4 is 15.1 Å². The van der Waals surface area contributed by atoms with Gasteiger partial charge in [-0.05, 0) is 88.3 Å². The van der Waals surface area contributed by atoms with E-state index in [0.29, 0.717) is 24.8 Å². The van der Waals surface area contributed by atoms with Crippen molar-refractivity contribution in [2.45, 2.75) is 70.9 Å². The smallest absolute Gasteiger partial charge is 0.226 e. The van der Waals surface area contributed by atoms with Crippen LogP contribution in [0.5, 0.6) is 0 Å². The molecular weight excluding hydrogens is 590 g/mol. The van der Waals surface area contributed by atoms with Gasteiger partial charge in [-0.15, -0.1) is 0 Å². The molecule has 0 spiro atoms. The summed E-state index contributed by atoms with van der Waals surface area (Å²) < 4.78 is 1.77. The Morgan fingerprint density at radius 1 is 0.979 bits per heavy atom. The maximum Gasteiger partial charge on any atom is 0.226 e. The van der Waals surface area contributed by atoms with Crippen molar-refractivity contribution in [3.05, 3.63) is 66.6 Å². The van der Waals surface area contributed by atoms with Crippen molar-refractivity contribution < 1.29 is 15.0 Å². The zero-order valence-electron chi connectivity index (χ0n) is 27.6. The average molecular weight is 636 g/mol. The predicted octanol–water partition coefficient (Wildman–Crippen LogP) is 5.17. The molecule has 246 valence electrons. The van der Waals surface area contributed by atoms with Gasteiger partial charge >= 0.3 is 0 Å². The number of aliphatic hydroxyl groups excluding tert-OH is 1. The van der Waals surface area contributed by atoms with E-state index in [1.807, 2.05) is 32.3 Å². The van der Waals surface area contributed by atoms with Gasteiger partial charge in [0.05, 0.1) is 28.3 Å². The number of piperidine rings is 2. The van der Waals surface area contributed by atoms with Crippen LogP contribution in [0.15, 0.2) is 61.1 Å². The molecule has 2 fully saturated rings. The molecule has 1 amide bonds. The molecule has 10 nitrogen and oxygen atoms in total. The molecule has 0 unspecified atom stereocenters. The van der Waals surface area contributed by atoms with E-state index in [9.17, 15) is 20.3 Å². The number of rotatable bonds is 9. The van der Waals surface area contributed by atoms with Crippen molar-refractivity contribution in [3.63, 3.8) is 0 Å². The lowest BCUT2D eigenvalue weighted by molar-refractivity contribution is -0.133. The largest absolute Gasteiger partial charge is 0.396 e. The number of nitriles is 1. The van der Waals surface area contributed by atoms with Crippen molar-refractivity contribution in [1.29, 1.82) is 5.26 Å². The highest BCUT2D eigenvalue weighted by Gasteiger charge is 2.40. The van der Waals surface area contributed by atoms with Crippen molar-refractivity contribution in [1.82, 2.24) is 19.9 Å². The quantitative estimate of drug-likeness (QED) is 0.230. The number of pyridine rings is 2. The third-order valence-corrected chi connectivity index (χ3v) is 10.3. The van der Waals surface area contributed by atoms with Crippen LogP contribution >= 0.6 is 0 Å². The molecule has 0 aliphatic carbocycles. The second kappa shape index (κ2) is 13.3. The van der Waals surface area contributed by atoms with E-state index < -0.39 is 5.60 Å². The lowest BCUT2D eigenvalue weighted by Crippen LogP contribution is -2.50. The Morgan fingerprint density at radius 3 is 2.26 bits per heavy atom. The molecule has 0 saturated carbocycles. The zero-order chi connectivity index (χ0) is 33.2. The molecule has 0 atom stereocenters. The summed E-state index contributed by atoms with van der Waals surface area (Å²) in [6.07, 6.45) is 9.51. The standard InChI is InChI=1S/C37H45N7O3/c1-4-36(35(46)41-26(2)3)11-16-43(17-12-36)33-10-7-28(23-39-33)32-21-29(25-44-34(32)30(22-38)24-40-44)27-5-8-31(9-6-27)42-18-13-37(47,14-19-42)15-20-45/h5-10,21,23-26,45,47H,4,11-20H2,1-3H3,(H,41,46). The molecule has 1 aromatic carbocycles. The number of hydrogen-bond donors (Lipinski definition) is 3. The molecule has 0 radical (unpaired) electrons. The summed E-state index contributed by atoms with van der Waals surface area (Å²) in [5.74, 6) is 1.04. The number of anilines is 2. The highest BCUT2D eigenvalue weighted by molar-refractivity contribution is 5.88. The number of hydrogen-bond acceptors (Lipinski definition) is 8. The average Bonchev–Trinajstić information content (AvgIpc) is 3.51. The maximum absolute atomic E-state index is 13.0. The van der Waals surface area contributed by atoms with Gasteiger partial charge in [0.2, 0.25) is 5.91 Å². The Labute approximate surface area is 276 Å². The first-order chi connectivity index (χ1) is 22.7. The number of aliphatic hydroxyl groups is 2. The highest BCUT2D eigenvalue weighted by Crippen LogP contribution is 2.38. The number of benzene rings is 1. The van der Waals surface area contributed by atoms with Crippen LogP contribution in [0.25, 0.3) is 27.8 Å². The number of carbonyl (C=O) groups is 1. The normalized spacial score (nSPS) is 17.6. The number of carbonyl (C=O) groups excluding carboxylic acids is 1. The van der Waals surface area contributed by atoms with E-state index in [1.54, 1.807) is 10.7 Å². The fourth-order valence-electron chi connectivity index (χ4n) is 7.14. The van der Waals surface area contributed by atoms with Crippen LogP contribution in [-0.4, -0.2) is 75.1 Å². The zero-order valence-corrected chi connectivity index (χ0v) is 27.6. The Morgan fingerprint density at radius 2 is 1.66 bits per heavy atom. The van der Waals surface area contributed by atoms with E-state index in [0.717, 1.165) is 84.7 Å². The highest BCUT2D eigenvalue weighted by atomic mass is 16.3. The Kier molecular flexibility index (Phi) is 9.22.